The smallest absolute Gasteiger partial charge is 0.272 e. The third-order valence-electron chi connectivity index (χ3n) is 4.68. The van der Waals surface area contributed by atoms with Crippen molar-refractivity contribution in [2.75, 3.05) is 10.0 Å². The molecule has 0 aliphatic carbocycles. The number of hydrogen-bond donors (Lipinski definition) is 2. The van der Waals surface area contributed by atoms with Crippen molar-refractivity contribution in [3.63, 3.8) is 0 Å². The van der Waals surface area contributed by atoms with Crippen LogP contribution in [-0.4, -0.2) is 18.9 Å². The molecule has 7 heteroatoms. The van der Waals surface area contributed by atoms with Gasteiger partial charge in [0.15, 0.2) is 0 Å². The normalized spacial score (nSPS) is 11.1. The van der Waals surface area contributed by atoms with E-state index in [1.54, 1.807) is 48.5 Å². The van der Waals surface area contributed by atoms with Gasteiger partial charge < -0.3 is 9.88 Å². The summed E-state index contributed by atoms with van der Waals surface area (Å²) >= 11 is 0. The lowest BCUT2D eigenvalue weighted by Gasteiger charge is -2.12. The zero-order chi connectivity index (χ0) is 21.7. The Kier molecular flexibility index (Phi) is 5.86. The fraction of sp³-hybridized carbons (Fsp3) is 0.0417. The largest absolute Gasteiger partial charge is 0.339 e. The maximum absolute atomic E-state index is 12.8. The van der Waals surface area contributed by atoms with Gasteiger partial charge in [0.25, 0.3) is 15.9 Å². The Bertz CT molecular complexity index is 1280. The molecule has 1 amide bonds. The lowest BCUT2D eigenvalue weighted by Crippen LogP contribution is -2.17. The lowest BCUT2D eigenvalue weighted by molar-refractivity contribution is 0.101. The number of aromatic nitrogens is 1. The highest BCUT2D eigenvalue weighted by molar-refractivity contribution is 7.92. The zero-order valence-corrected chi connectivity index (χ0v) is 17.4. The van der Waals surface area contributed by atoms with Crippen LogP contribution >= 0.6 is 0 Å². The van der Waals surface area contributed by atoms with Crippen LogP contribution in [0.4, 0.5) is 11.4 Å². The van der Waals surface area contributed by atoms with Crippen molar-refractivity contribution in [1.82, 2.24) is 4.57 Å². The summed E-state index contributed by atoms with van der Waals surface area (Å²) in [5.74, 6) is -0.274. The molecule has 1 aromatic heterocycles. The standard InChI is InChI=1S/C24H21N3O3S/c28-24(23-15-8-16-27(23)18-19-9-3-1-4-10-19)25-20-11-7-12-21(17-20)26-31(29,30)22-13-5-2-6-14-22/h1-17,26H,18H2,(H,25,28). The Morgan fingerprint density at radius 1 is 0.774 bits per heavy atom. The molecular weight excluding hydrogens is 410 g/mol. The average Bonchev–Trinajstić information content (AvgIpc) is 3.23. The number of sulfonamides is 1. The van der Waals surface area contributed by atoms with E-state index in [-0.39, 0.29) is 10.8 Å². The number of carbonyl (C=O) groups is 1. The second-order valence-corrected chi connectivity index (χ2v) is 8.64. The van der Waals surface area contributed by atoms with Crippen LogP contribution in [0.1, 0.15) is 16.1 Å². The van der Waals surface area contributed by atoms with Gasteiger partial charge in [-0.15, -0.1) is 0 Å². The van der Waals surface area contributed by atoms with Crippen molar-refractivity contribution in [2.45, 2.75) is 11.4 Å². The van der Waals surface area contributed by atoms with Gasteiger partial charge in [-0.1, -0.05) is 54.6 Å². The van der Waals surface area contributed by atoms with E-state index < -0.39 is 10.0 Å². The first kappa shape index (κ1) is 20.4. The maximum atomic E-state index is 12.8. The topological polar surface area (TPSA) is 80.2 Å². The second-order valence-electron chi connectivity index (χ2n) is 6.96. The average molecular weight is 432 g/mol. The molecule has 31 heavy (non-hydrogen) atoms. The van der Waals surface area contributed by atoms with Crippen LogP contribution in [0.15, 0.2) is 108 Å². The van der Waals surface area contributed by atoms with Gasteiger partial charge in [-0.05, 0) is 48.0 Å². The molecular formula is C24H21N3O3S. The summed E-state index contributed by atoms with van der Waals surface area (Å²) in [4.78, 5) is 13.0. The molecule has 0 bridgehead atoms. The summed E-state index contributed by atoms with van der Waals surface area (Å²) < 4.78 is 29.5. The molecule has 0 atom stereocenters. The van der Waals surface area contributed by atoms with Crippen LogP contribution in [0.25, 0.3) is 0 Å². The van der Waals surface area contributed by atoms with Gasteiger partial charge in [-0.2, -0.15) is 0 Å². The second kappa shape index (κ2) is 8.89. The Labute approximate surface area is 181 Å². The SMILES string of the molecule is O=C(Nc1cccc(NS(=O)(=O)c2ccccc2)c1)c1cccn1Cc1ccccc1. The number of benzene rings is 3. The summed E-state index contributed by atoms with van der Waals surface area (Å²) in [6.07, 6.45) is 1.85. The lowest BCUT2D eigenvalue weighted by atomic mass is 10.2. The fourth-order valence-electron chi connectivity index (χ4n) is 3.21. The summed E-state index contributed by atoms with van der Waals surface area (Å²) in [5.41, 5.74) is 2.45. The molecule has 0 aliphatic heterocycles. The fourth-order valence-corrected chi connectivity index (χ4v) is 4.28. The molecule has 6 nitrogen and oxygen atoms in total. The van der Waals surface area contributed by atoms with E-state index in [2.05, 4.69) is 10.0 Å². The molecule has 2 N–H and O–H groups in total. The van der Waals surface area contributed by atoms with Crippen molar-refractivity contribution >= 4 is 27.3 Å². The van der Waals surface area contributed by atoms with Crippen molar-refractivity contribution < 1.29 is 13.2 Å². The molecule has 0 unspecified atom stereocenters. The van der Waals surface area contributed by atoms with Gasteiger partial charge in [0.2, 0.25) is 0 Å². The molecule has 0 radical (unpaired) electrons. The number of amides is 1. The van der Waals surface area contributed by atoms with Gasteiger partial charge in [0.05, 0.1) is 10.6 Å². The summed E-state index contributed by atoms with van der Waals surface area (Å²) in [6, 6.07) is 28.2. The molecule has 0 spiro atoms. The van der Waals surface area contributed by atoms with E-state index in [0.29, 0.717) is 23.6 Å². The molecule has 4 rings (SSSR count). The van der Waals surface area contributed by atoms with Crippen LogP contribution in [0.3, 0.4) is 0 Å². The Morgan fingerprint density at radius 2 is 1.45 bits per heavy atom. The predicted octanol–water partition coefficient (Wildman–Crippen LogP) is 4.59. The highest BCUT2D eigenvalue weighted by atomic mass is 32.2. The van der Waals surface area contributed by atoms with Gasteiger partial charge in [-0.3, -0.25) is 9.52 Å². The molecule has 0 fully saturated rings. The monoisotopic (exact) mass is 431 g/mol. The molecule has 0 saturated carbocycles. The number of nitrogens with one attached hydrogen (secondary N) is 2. The first-order valence-electron chi connectivity index (χ1n) is 9.70. The van der Waals surface area contributed by atoms with Crippen molar-refractivity contribution in [3.8, 4) is 0 Å². The van der Waals surface area contributed by atoms with E-state index in [9.17, 15) is 13.2 Å². The van der Waals surface area contributed by atoms with Gasteiger partial charge >= 0.3 is 0 Å². The van der Waals surface area contributed by atoms with E-state index in [0.717, 1.165) is 5.56 Å². The number of carbonyl (C=O) groups excluding carboxylic acids is 1. The first-order valence-corrected chi connectivity index (χ1v) is 11.2. The minimum atomic E-state index is -3.71. The zero-order valence-electron chi connectivity index (χ0n) is 16.6. The van der Waals surface area contributed by atoms with Crippen LogP contribution in [0.2, 0.25) is 0 Å². The Hall–Kier alpha value is -3.84. The van der Waals surface area contributed by atoms with Crippen LogP contribution in [0, 0.1) is 0 Å². The van der Waals surface area contributed by atoms with Crippen molar-refractivity contribution in [3.05, 3.63) is 115 Å². The van der Waals surface area contributed by atoms with Crippen LogP contribution in [-0.2, 0) is 16.6 Å². The summed E-state index contributed by atoms with van der Waals surface area (Å²) in [6.45, 7) is 0.577. The molecule has 4 aromatic rings. The molecule has 1 heterocycles. The van der Waals surface area contributed by atoms with Crippen LogP contribution < -0.4 is 10.0 Å². The van der Waals surface area contributed by atoms with E-state index in [4.69, 9.17) is 0 Å². The third kappa shape index (κ3) is 5.02. The van der Waals surface area contributed by atoms with Crippen molar-refractivity contribution in [1.29, 1.82) is 0 Å². The predicted molar refractivity (Wildman–Crippen MR) is 122 cm³/mol. The first-order chi connectivity index (χ1) is 15.0. The number of nitrogens with zero attached hydrogens (tertiary/aromatic N) is 1. The van der Waals surface area contributed by atoms with E-state index >= 15 is 0 Å². The molecule has 0 aliphatic rings. The van der Waals surface area contributed by atoms with Gasteiger partial charge in [0.1, 0.15) is 5.69 Å². The maximum Gasteiger partial charge on any atom is 0.272 e. The van der Waals surface area contributed by atoms with Crippen molar-refractivity contribution in [2.24, 2.45) is 0 Å². The number of anilines is 2. The highest BCUT2D eigenvalue weighted by Crippen LogP contribution is 2.20. The van der Waals surface area contributed by atoms with E-state index in [1.165, 1.54) is 12.1 Å². The third-order valence-corrected chi connectivity index (χ3v) is 6.08. The van der Waals surface area contributed by atoms with Crippen LogP contribution in [0.5, 0.6) is 0 Å². The van der Waals surface area contributed by atoms with E-state index in [1.807, 2.05) is 47.2 Å². The molecule has 0 saturated heterocycles. The number of rotatable bonds is 7. The summed E-state index contributed by atoms with van der Waals surface area (Å²) in [7, 11) is -3.71. The molecule has 156 valence electrons. The molecule has 3 aromatic carbocycles. The minimum Gasteiger partial charge on any atom is -0.339 e. The summed E-state index contributed by atoms with van der Waals surface area (Å²) in [5, 5.41) is 2.84. The van der Waals surface area contributed by atoms with Gasteiger partial charge in [0, 0.05) is 18.4 Å². The van der Waals surface area contributed by atoms with Gasteiger partial charge in [-0.25, -0.2) is 8.42 Å². The Balaban J connectivity index is 1.49. The Morgan fingerprint density at radius 3 is 2.19 bits per heavy atom. The minimum absolute atomic E-state index is 0.170. The number of hydrogen-bond acceptors (Lipinski definition) is 3. The quantitative estimate of drug-likeness (QED) is 0.449. The highest BCUT2D eigenvalue weighted by Gasteiger charge is 2.15.